The van der Waals surface area contributed by atoms with Crippen LogP contribution < -0.4 is 0 Å². The third-order valence-corrected chi connectivity index (χ3v) is 7.01. The Morgan fingerprint density at radius 2 is 1.00 bits per heavy atom. The van der Waals surface area contributed by atoms with E-state index in [2.05, 4.69) is 88.7 Å². The molecular weight excluding hydrogens is 416 g/mol. The topological polar surface area (TPSA) is 0 Å². The van der Waals surface area contributed by atoms with Crippen molar-refractivity contribution in [2.45, 2.75) is 119 Å². The third kappa shape index (κ3) is 16.6. The average molecular weight is 467 g/mol. The first-order valence-electron chi connectivity index (χ1n) is 13.2. The zero-order chi connectivity index (χ0) is 24.3. The van der Waals surface area contributed by atoms with Gasteiger partial charge in [0.15, 0.2) is 0 Å². The minimum absolute atomic E-state index is 1.17. The standard InChI is InChI=1S/C32H50S/c1-7-13-27(2)14-8-15-28(3)16-9-17-29(4)18-10-19-30(5)20-11-21-31(6)22-12-23-32-24-25-33-26-32/h14,16,18,20,22,24-26H,7-13,15,17,19,21,23H2,1-6H3/b27-14+,28-16+,29-18+,30-20+,31-22+. The molecule has 0 amide bonds. The van der Waals surface area contributed by atoms with Gasteiger partial charge in [0.1, 0.15) is 0 Å². The van der Waals surface area contributed by atoms with E-state index in [4.69, 9.17) is 0 Å². The van der Waals surface area contributed by atoms with Crippen molar-refractivity contribution >= 4 is 11.3 Å². The first kappa shape index (κ1) is 29.4. The molecule has 0 saturated heterocycles. The molecule has 0 aliphatic heterocycles. The van der Waals surface area contributed by atoms with E-state index in [1.165, 1.54) is 105 Å². The highest BCUT2D eigenvalue weighted by atomic mass is 32.1. The summed E-state index contributed by atoms with van der Waals surface area (Å²) in [6.45, 7) is 13.7. The number of rotatable bonds is 17. The average Bonchev–Trinajstić information content (AvgIpc) is 3.27. The minimum atomic E-state index is 1.17. The Kier molecular flexibility index (Phi) is 16.8. The monoisotopic (exact) mass is 466 g/mol. The Hall–Kier alpha value is -1.60. The van der Waals surface area contributed by atoms with Crippen LogP contribution in [0.4, 0.5) is 0 Å². The molecule has 0 aliphatic carbocycles. The van der Waals surface area contributed by atoms with Crippen LogP contribution in [-0.2, 0) is 6.42 Å². The molecule has 0 N–H and O–H groups in total. The molecule has 33 heavy (non-hydrogen) atoms. The maximum absolute atomic E-state index is 2.45. The first-order chi connectivity index (χ1) is 15.9. The highest BCUT2D eigenvalue weighted by Crippen LogP contribution is 2.16. The molecule has 0 unspecified atom stereocenters. The second kappa shape index (κ2) is 18.8. The lowest BCUT2D eigenvalue weighted by atomic mass is 10.0. The zero-order valence-electron chi connectivity index (χ0n) is 22.5. The molecule has 0 aromatic carbocycles. The van der Waals surface area contributed by atoms with Crippen molar-refractivity contribution in [2.24, 2.45) is 0 Å². The number of hydrogen-bond acceptors (Lipinski definition) is 1. The van der Waals surface area contributed by atoms with Gasteiger partial charge in [-0.2, -0.15) is 11.3 Å². The molecule has 1 heteroatoms. The molecule has 0 atom stereocenters. The van der Waals surface area contributed by atoms with E-state index in [-0.39, 0.29) is 0 Å². The Labute approximate surface area is 210 Å². The van der Waals surface area contributed by atoms with Crippen LogP contribution >= 0.6 is 11.3 Å². The van der Waals surface area contributed by atoms with Crippen molar-refractivity contribution in [2.75, 3.05) is 0 Å². The van der Waals surface area contributed by atoms with Gasteiger partial charge in [-0.1, -0.05) is 71.6 Å². The molecule has 1 aromatic rings. The molecule has 0 aliphatic rings. The highest BCUT2D eigenvalue weighted by molar-refractivity contribution is 7.07. The number of aryl methyl sites for hydroxylation is 1. The smallest absolute Gasteiger partial charge is 0.00611 e. The second-order valence-electron chi connectivity index (χ2n) is 9.83. The van der Waals surface area contributed by atoms with Gasteiger partial charge in [0.2, 0.25) is 0 Å². The van der Waals surface area contributed by atoms with Crippen molar-refractivity contribution < 1.29 is 0 Å². The van der Waals surface area contributed by atoms with Gasteiger partial charge in [0, 0.05) is 0 Å². The molecule has 0 fully saturated rings. The predicted molar refractivity (Wildman–Crippen MR) is 153 cm³/mol. The van der Waals surface area contributed by atoms with Gasteiger partial charge in [-0.25, -0.2) is 0 Å². The van der Waals surface area contributed by atoms with Crippen molar-refractivity contribution in [3.63, 3.8) is 0 Å². The molecule has 0 spiro atoms. The van der Waals surface area contributed by atoms with E-state index < -0.39 is 0 Å². The Balaban J connectivity index is 2.19. The SMILES string of the molecule is CCC/C(C)=C/CC/C(C)=C/CC/C(C)=C/CC/C(C)=C/CC/C(C)=C/CCc1ccsc1. The van der Waals surface area contributed by atoms with Gasteiger partial charge in [-0.3, -0.25) is 0 Å². The van der Waals surface area contributed by atoms with Crippen LogP contribution in [0.25, 0.3) is 0 Å². The van der Waals surface area contributed by atoms with Crippen molar-refractivity contribution in [3.05, 3.63) is 80.6 Å². The van der Waals surface area contributed by atoms with Crippen LogP contribution in [0.5, 0.6) is 0 Å². The zero-order valence-corrected chi connectivity index (χ0v) is 23.3. The summed E-state index contributed by atoms with van der Waals surface area (Å²) < 4.78 is 0. The van der Waals surface area contributed by atoms with Gasteiger partial charge in [0.25, 0.3) is 0 Å². The van der Waals surface area contributed by atoms with Crippen molar-refractivity contribution in [1.82, 2.24) is 0 Å². The van der Waals surface area contributed by atoms with Gasteiger partial charge >= 0.3 is 0 Å². The molecule has 0 nitrogen and oxygen atoms in total. The largest absolute Gasteiger partial charge is 0.152 e. The molecular formula is C32H50S. The van der Waals surface area contributed by atoms with Gasteiger partial charge in [0.05, 0.1) is 0 Å². The summed E-state index contributed by atoms with van der Waals surface area (Å²) in [7, 11) is 0. The van der Waals surface area contributed by atoms with E-state index in [0.29, 0.717) is 0 Å². The van der Waals surface area contributed by atoms with E-state index >= 15 is 0 Å². The van der Waals surface area contributed by atoms with Crippen molar-refractivity contribution in [1.29, 1.82) is 0 Å². The Bertz CT molecular complexity index is 780. The minimum Gasteiger partial charge on any atom is -0.152 e. The number of allylic oxidation sites excluding steroid dienone is 10. The van der Waals surface area contributed by atoms with E-state index in [1.54, 1.807) is 16.9 Å². The van der Waals surface area contributed by atoms with E-state index in [0.717, 1.165) is 0 Å². The van der Waals surface area contributed by atoms with E-state index in [9.17, 15) is 0 Å². The van der Waals surface area contributed by atoms with Crippen LogP contribution in [0, 0.1) is 0 Å². The van der Waals surface area contributed by atoms with Crippen LogP contribution in [0.1, 0.15) is 118 Å². The Morgan fingerprint density at radius 3 is 1.36 bits per heavy atom. The first-order valence-corrected chi connectivity index (χ1v) is 14.1. The van der Waals surface area contributed by atoms with Gasteiger partial charge in [-0.15, -0.1) is 0 Å². The van der Waals surface area contributed by atoms with Crippen LogP contribution in [0.2, 0.25) is 0 Å². The fraction of sp³-hybridized carbons (Fsp3) is 0.562. The molecule has 1 heterocycles. The maximum Gasteiger partial charge on any atom is -0.00611 e. The van der Waals surface area contributed by atoms with Gasteiger partial charge < -0.3 is 0 Å². The summed E-state index contributed by atoms with van der Waals surface area (Å²) in [6, 6.07) is 2.24. The fourth-order valence-corrected chi connectivity index (χ4v) is 4.71. The lowest BCUT2D eigenvalue weighted by molar-refractivity contribution is 0.872. The quantitative estimate of drug-likeness (QED) is 0.200. The second-order valence-corrected chi connectivity index (χ2v) is 10.6. The summed E-state index contributed by atoms with van der Waals surface area (Å²) in [4.78, 5) is 0. The summed E-state index contributed by atoms with van der Waals surface area (Å²) in [5, 5.41) is 4.43. The maximum atomic E-state index is 2.45. The predicted octanol–water partition coefficient (Wildman–Crippen LogP) is 11.3. The highest BCUT2D eigenvalue weighted by Gasteiger charge is 1.96. The molecule has 0 radical (unpaired) electrons. The summed E-state index contributed by atoms with van der Waals surface area (Å²) >= 11 is 1.80. The van der Waals surface area contributed by atoms with Crippen molar-refractivity contribution in [3.8, 4) is 0 Å². The molecule has 1 rings (SSSR count). The molecule has 184 valence electrons. The fourth-order valence-electron chi connectivity index (χ4n) is 4.01. The van der Waals surface area contributed by atoms with Gasteiger partial charge in [-0.05, 0) is 128 Å². The van der Waals surface area contributed by atoms with E-state index in [1.807, 2.05) is 0 Å². The Morgan fingerprint density at radius 1 is 0.606 bits per heavy atom. The lowest BCUT2D eigenvalue weighted by Gasteiger charge is -2.04. The normalized spacial score (nSPS) is 14.3. The van der Waals surface area contributed by atoms with Crippen LogP contribution in [0.15, 0.2) is 75.1 Å². The number of hydrogen-bond donors (Lipinski definition) is 0. The summed E-state index contributed by atoms with van der Waals surface area (Å²) in [5.41, 5.74) is 9.16. The molecule has 1 aromatic heterocycles. The summed E-state index contributed by atoms with van der Waals surface area (Å²) in [6.07, 6.45) is 26.5. The van der Waals surface area contributed by atoms with Crippen LogP contribution in [-0.4, -0.2) is 0 Å². The third-order valence-electron chi connectivity index (χ3n) is 6.28. The lowest BCUT2D eigenvalue weighted by Crippen LogP contribution is -1.84. The van der Waals surface area contributed by atoms with Crippen LogP contribution in [0.3, 0.4) is 0 Å². The number of thiophene rings is 1. The summed E-state index contributed by atoms with van der Waals surface area (Å²) in [5.74, 6) is 0. The molecule has 0 bridgehead atoms. The molecule has 0 saturated carbocycles.